The van der Waals surface area contributed by atoms with Gasteiger partial charge >= 0.3 is 0 Å². The van der Waals surface area contributed by atoms with E-state index >= 15 is 0 Å². The minimum Gasteiger partial charge on any atom is -0.357 e. The molecule has 0 unspecified atom stereocenters. The third-order valence-corrected chi connectivity index (χ3v) is 5.96. The molecule has 2 amide bonds. The number of rotatable bonds is 5. The molecule has 0 atom stereocenters. The Morgan fingerprint density at radius 2 is 1.50 bits per heavy atom. The van der Waals surface area contributed by atoms with Crippen molar-refractivity contribution >= 4 is 40.8 Å². The Bertz CT molecular complexity index is 1170. The number of amidine groups is 1. The minimum absolute atomic E-state index is 0.312. The Morgan fingerprint density at radius 3 is 2.18 bits per heavy atom. The molecule has 0 bridgehead atoms. The lowest BCUT2D eigenvalue weighted by Gasteiger charge is -2.23. The molecule has 3 N–H and O–H groups in total. The van der Waals surface area contributed by atoms with E-state index in [1.54, 1.807) is 60.7 Å². The predicted molar refractivity (Wildman–Crippen MR) is 135 cm³/mol. The van der Waals surface area contributed by atoms with Crippen molar-refractivity contribution in [2.24, 2.45) is 0 Å². The van der Waals surface area contributed by atoms with Crippen LogP contribution in [0.3, 0.4) is 0 Å². The van der Waals surface area contributed by atoms with Gasteiger partial charge in [0.1, 0.15) is 11.7 Å². The molecule has 34 heavy (non-hydrogen) atoms. The van der Waals surface area contributed by atoms with E-state index in [9.17, 15) is 9.59 Å². The van der Waals surface area contributed by atoms with Crippen molar-refractivity contribution in [3.63, 3.8) is 0 Å². The summed E-state index contributed by atoms with van der Waals surface area (Å²) in [6, 6.07) is 17.0. The summed E-state index contributed by atoms with van der Waals surface area (Å²) in [5.41, 5.74) is 1.93. The smallest absolute Gasteiger partial charge is 0.258 e. The number of amides is 2. The van der Waals surface area contributed by atoms with Gasteiger partial charge in [-0.2, -0.15) is 0 Å². The molecule has 0 saturated carbocycles. The van der Waals surface area contributed by atoms with Crippen LogP contribution in [0.1, 0.15) is 52.0 Å². The van der Waals surface area contributed by atoms with Crippen LogP contribution in [0.4, 0.5) is 11.5 Å². The summed E-state index contributed by atoms with van der Waals surface area (Å²) >= 11 is 5.84. The number of aromatic nitrogens is 1. The second-order valence-electron chi connectivity index (χ2n) is 8.14. The summed E-state index contributed by atoms with van der Waals surface area (Å²) in [5, 5.41) is 14.5. The van der Waals surface area contributed by atoms with Crippen LogP contribution in [0.2, 0.25) is 5.02 Å². The van der Waals surface area contributed by atoms with Crippen LogP contribution < -0.4 is 10.6 Å². The van der Waals surface area contributed by atoms with Crippen LogP contribution in [-0.2, 0) is 0 Å². The van der Waals surface area contributed by atoms with Crippen LogP contribution >= 0.6 is 11.6 Å². The normalized spacial score (nSPS) is 13.6. The van der Waals surface area contributed by atoms with Gasteiger partial charge in [-0.3, -0.25) is 15.0 Å². The van der Waals surface area contributed by atoms with E-state index in [-0.39, 0.29) is 5.91 Å². The van der Waals surface area contributed by atoms with Crippen LogP contribution in [0.25, 0.3) is 0 Å². The number of halogens is 1. The van der Waals surface area contributed by atoms with Crippen molar-refractivity contribution in [2.75, 3.05) is 23.7 Å². The van der Waals surface area contributed by atoms with Crippen LogP contribution in [0.5, 0.6) is 0 Å². The van der Waals surface area contributed by atoms with Crippen LogP contribution in [0, 0.1) is 5.41 Å². The van der Waals surface area contributed by atoms with Gasteiger partial charge in [-0.1, -0.05) is 48.7 Å². The monoisotopic (exact) mass is 475 g/mol. The fraction of sp³-hybridized carbons (Fsp3) is 0.231. The molecular formula is C26H26ClN5O2. The molecule has 1 saturated heterocycles. The van der Waals surface area contributed by atoms with Crippen molar-refractivity contribution in [3.8, 4) is 0 Å². The average Bonchev–Trinajstić information content (AvgIpc) is 3.15. The van der Waals surface area contributed by atoms with Gasteiger partial charge in [0.2, 0.25) is 0 Å². The van der Waals surface area contributed by atoms with E-state index in [0.29, 0.717) is 33.5 Å². The molecule has 1 aliphatic heterocycles. The highest BCUT2D eigenvalue weighted by atomic mass is 35.5. The third kappa shape index (κ3) is 5.80. The number of nitrogens with zero attached hydrogens (tertiary/aromatic N) is 2. The van der Waals surface area contributed by atoms with Crippen LogP contribution in [0.15, 0.2) is 66.9 Å². The lowest BCUT2D eigenvalue weighted by molar-refractivity contribution is 0.102. The Morgan fingerprint density at radius 1 is 0.824 bits per heavy atom. The Kier molecular flexibility index (Phi) is 7.54. The number of benzene rings is 2. The van der Waals surface area contributed by atoms with Gasteiger partial charge in [-0.05, 0) is 49.2 Å². The first-order chi connectivity index (χ1) is 16.5. The number of likely N-dealkylation sites (tertiary alicyclic amines) is 1. The highest BCUT2D eigenvalue weighted by Crippen LogP contribution is 2.19. The zero-order valence-corrected chi connectivity index (χ0v) is 19.4. The molecule has 3 aromatic rings. The van der Waals surface area contributed by atoms with Crippen molar-refractivity contribution in [2.45, 2.75) is 25.7 Å². The van der Waals surface area contributed by atoms with Crippen molar-refractivity contribution < 1.29 is 9.59 Å². The summed E-state index contributed by atoms with van der Waals surface area (Å²) in [7, 11) is 0. The number of carbonyl (C=O) groups is 2. The maximum Gasteiger partial charge on any atom is 0.258 e. The highest BCUT2D eigenvalue weighted by Gasteiger charge is 2.17. The van der Waals surface area contributed by atoms with E-state index in [2.05, 4.69) is 20.5 Å². The maximum absolute atomic E-state index is 12.9. The van der Waals surface area contributed by atoms with Gasteiger partial charge in [0, 0.05) is 30.4 Å². The lowest BCUT2D eigenvalue weighted by atomic mass is 10.1. The second-order valence-corrected chi connectivity index (χ2v) is 8.58. The molecule has 8 heteroatoms. The largest absolute Gasteiger partial charge is 0.357 e. The Balaban J connectivity index is 1.44. The van der Waals surface area contributed by atoms with Gasteiger partial charge in [0.05, 0.1) is 16.3 Å². The lowest BCUT2D eigenvalue weighted by Crippen LogP contribution is -2.31. The number of para-hydroxylation sites is 1. The number of hydrogen-bond acceptors (Lipinski definition) is 4. The first kappa shape index (κ1) is 23.4. The maximum atomic E-state index is 12.9. The Labute approximate surface area is 203 Å². The van der Waals surface area contributed by atoms with E-state index in [0.717, 1.165) is 31.5 Å². The van der Waals surface area contributed by atoms with E-state index < -0.39 is 5.91 Å². The van der Waals surface area contributed by atoms with Gasteiger partial charge < -0.3 is 15.5 Å². The molecule has 1 fully saturated rings. The van der Waals surface area contributed by atoms with Gasteiger partial charge in [0.25, 0.3) is 11.8 Å². The molecule has 7 nitrogen and oxygen atoms in total. The van der Waals surface area contributed by atoms with E-state index in [1.165, 1.54) is 19.0 Å². The molecule has 1 aromatic heterocycles. The van der Waals surface area contributed by atoms with Gasteiger partial charge in [-0.25, -0.2) is 4.98 Å². The predicted octanol–water partition coefficient (Wildman–Crippen LogP) is 5.44. The van der Waals surface area contributed by atoms with E-state index in [4.69, 9.17) is 17.0 Å². The minimum atomic E-state index is -0.396. The van der Waals surface area contributed by atoms with Gasteiger partial charge in [0.15, 0.2) is 0 Å². The first-order valence-electron chi connectivity index (χ1n) is 11.3. The molecule has 2 aromatic carbocycles. The average molecular weight is 476 g/mol. The molecule has 2 heterocycles. The van der Waals surface area contributed by atoms with Crippen molar-refractivity contribution in [3.05, 3.63) is 88.6 Å². The zero-order chi connectivity index (χ0) is 23.9. The summed E-state index contributed by atoms with van der Waals surface area (Å²) in [6.45, 7) is 1.79. The summed E-state index contributed by atoms with van der Waals surface area (Å²) in [5.74, 6) is 0.120. The third-order valence-electron chi connectivity index (χ3n) is 5.73. The number of hydrogen-bond donors (Lipinski definition) is 3. The topological polar surface area (TPSA) is 98.2 Å². The standard InChI is InChI=1S/C26H26ClN5O2/c27-20-13-14-23(29-17-20)31-26(34)21-7-3-4-8-22(21)30-25(33)19-11-9-18(10-12-19)24(28)32-15-5-1-2-6-16-32/h3-4,7-14,17,28H,1-2,5-6,15-16H2,(H,30,33)(H,29,31,34). The number of anilines is 2. The molecule has 174 valence electrons. The van der Waals surface area contributed by atoms with Gasteiger partial charge in [-0.15, -0.1) is 0 Å². The van der Waals surface area contributed by atoms with Crippen molar-refractivity contribution in [1.29, 1.82) is 5.41 Å². The highest BCUT2D eigenvalue weighted by molar-refractivity contribution is 6.30. The molecule has 1 aliphatic rings. The fourth-order valence-electron chi connectivity index (χ4n) is 3.87. The SMILES string of the molecule is N=C(c1ccc(C(=O)Nc2ccccc2C(=O)Nc2ccc(Cl)cn2)cc1)N1CCCCCC1. The first-order valence-corrected chi connectivity index (χ1v) is 11.7. The number of carbonyl (C=O) groups excluding carboxylic acids is 2. The fourth-order valence-corrected chi connectivity index (χ4v) is 3.99. The molecular weight excluding hydrogens is 450 g/mol. The quantitative estimate of drug-likeness (QED) is 0.338. The molecule has 4 rings (SSSR count). The molecule has 0 spiro atoms. The van der Waals surface area contributed by atoms with Crippen molar-refractivity contribution in [1.82, 2.24) is 9.88 Å². The van der Waals surface area contributed by atoms with E-state index in [1.807, 2.05) is 0 Å². The zero-order valence-electron chi connectivity index (χ0n) is 18.7. The van der Waals surface area contributed by atoms with Crippen LogP contribution in [-0.4, -0.2) is 40.6 Å². The molecule has 0 radical (unpaired) electrons. The number of pyridine rings is 1. The summed E-state index contributed by atoms with van der Waals surface area (Å²) < 4.78 is 0. The Hall–Kier alpha value is -3.71. The summed E-state index contributed by atoms with van der Waals surface area (Å²) in [6.07, 6.45) is 6.06. The molecule has 0 aliphatic carbocycles. The second kappa shape index (κ2) is 10.9. The number of nitrogens with one attached hydrogen (secondary N) is 3. The summed E-state index contributed by atoms with van der Waals surface area (Å²) in [4.78, 5) is 31.8.